The number of nitrogens with one attached hydrogen (secondary N) is 1. The molecule has 0 radical (unpaired) electrons. The standard InChI is InChI=1S/C15H23FN2O2.ClH/c1-15(2,3)13(17)14(19)18-9-4-10-20-12-7-5-11(16)6-8-12;/h5-8,13H,4,9-10,17H2,1-3H3,(H,18,19);1H/t13-;/m1./s1. The second kappa shape index (κ2) is 8.85. The Balaban J connectivity index is 0.00000400. The normalized spacial score (nSPS) is 12.2. The van der Waals surface area contributed by atoms with Gasteiger partial charge < -0.3 is 15.8 Å². The molecule has 1 atom stereocenters. The molecule has 1 aromatic rings. The predicted octanol–water partition coefficient (Wildman–Crippen LogP) is 2.51. The third-order valence-corrected chi connectivity index (χ3v) is 2.92. The van der Waals surface area contributed by atoms with Gasteiger partial charge in [-0.2, -0.15) is 0 Å². The first kappa shape index (κ1) is 19.7. The van der Waals surface area contributed by atoms with Crippen molar-refractivity contribution in [1.29, 1.82) is 0 Å². The largest absolute Gasteiger partial charge is 0.494 e. The summed E-state index contributed by atoms with van der Waals surface area (Å²) in [6.07, 6.45) is 0.667. The highest BCUT2D eigenvalue weighted by Crippen LogP contribution is 2.17. The number of rotatable bonds is 6. The van der Waals surface area contributed by atoms with E-state index < -0.39 is 6.04 Å². The lowest BCUT2D eigenvalue weighted by molar-refractivity contribution is -0.124. The minimum Gasteiger partial charge on any atom is -0.494 e. The van der Waals surface area contributed by atoms with Crippen LogP contribution >= 0.6 is 12.4 Å². The molecule has 0 unspecified atom stereocenters. The first-order valence-corrected chi connectivity index (χ1v) is 6.72. The zero-order valence-corrected chi connectivity index (χ0v) is 13.5. The van der Waals surface area contributed by atoms with Crippen LogP contribution in [0.3, 0.4) is 0 Å². The average molecular weight is 319 g/mol. The first-order chi connectivity index (χ1) is 9.30. The van der Waals surface area contributed by atoms with Crippen molar-refractivity contribution in [2.24, 2.45) is 11.1 Å². The molecule has 1 rings (SSSR count). The number of nitrogens with two attached hydrogens (primary N) is 1. The minimum atomic E-state index is -0.527. The van der Waals surface area contributed by atoms with Crippen LogP contribution in [-0.2, 0) is 4.79 Å². The number of ether oxygens (including phenoxy) is 1. The van der Waals surface area contributed by atoms with Crippen molar-refractivity contribution in [1.82, 2.24) is 5.32 Å². The molecule has 0 aliphatic heterocycles. The Morgan fingerprint density at radius 2 is 1.90 bits per heavy atom. The number of hydrogen-bond donors (Lipinski definition) is 2. The van der Waals surface area contributed by atoms with Crippen LogP contribution in [0.25, 0.3) is 0 Å². The SMILES string of the molecule is CC(C)(C)[C@H](N)C(=O)NCCCOc1ccc(F)cc1.Cl. The van der Waals surface area contributed by atoms with Crippen LogP contribution in [0.4, 0.5) is 4.39 Å². The van der Waals surface area contributed by atoms with Gasteiger partial charge in [0.2, 0.25) is 5.91 Å². The number of hydrogen-bond acceptors (Lipinski definition) is 3. The number of carbonyl (C=O) groups is 1. The number of halogens is 2. The second-order valence-corrected chi connectivity index (χ2v) is 5.79. The maximum Gasteiger partial charge on any atom is 0.237 e. The second-order valence-electron chi connectivity index (χ2n) is 5.79. The number of amides is 1. The van der Waals surface area contributed by atoms with Gasteiger partial charge in [0.05, 0.1) is 12.6 Å². The Hall–Kier alpha value is -1.33. The fraction of sp³-hybridized carbons (Fsp3) is 0.533. The third kappa shape index (κ3) is 7.29. The Bertz CT molecular complexity index is 432. The lowest BCUT2D eigenvalue weighted by atomic mass is 9.87. The highest BCUT2D eigenvalue weighted by atomic mass is 35.5. The average Bonchev–Trinajstić information content (AvgIpc) is 2.38. The van der Waals surface area contributed by atoms with Crippen molar-refractivity contribution >= 4 is 18.3 Å². The molecule has 0 heterocycles. The Morgan fingerprint density at radius 3 is 2.43 bits per heavy atom. The van der Waals surface area contributed by atoms with Gasteiger partial charge >= 0.3 is 0 Å². The zero-order valence-electron chi connectivity index (χ0n) is 12.7. The molecule has 1 amide bonds. The molecule has 21 heavy (non-hydrogen) atoms. The first-order valence-electron chi connectivity index (χ1n) is 6.72. The molecule has 120 valence electrons. The van der Waals surface area contributed by atoms with Gasteiger partial charge in [-0.1, -0.05) is 20.8 Å². The van der Waals surface area contributed by atoms with E-state index in [1.165, 1.54) is 12.1 Å². The Labute approximate surface area is 131 Å². The van der Waals surface area contributed by atoms with Crippen LogP contribution in [-0.4, -0.2) is 25.1 Å². The molecule has 1 aromatic carbocycles. The topological polar surface area (TPSA) is 64.4 Å². The molecule has 0 fully saturated rings. The summed E-state index contributed by atoms with van der Waals surface area (Å²) in [5.74, 6) is 0.171. The lowest BCUT2D eigenvalue weighted by Gasteiger charge is -2.25. The van der Waals surface area contributed by atoms with E-state index in [2.05, 4.69) is 5.32 Å². The molecular formula is C15H24ClFN2O2. The van der Waals surface area contributed by atoms with Crippen molar-refractivity contribution in [3.05, 3.63) is 30.1 Å². The molecule has 0 spiro atoms. The minimum absolute atomic E-state index is 0. The zero-order chi connectivity index (χ0) is 15.2. The molecule has 0 aromatic heterocycles. The van der Waals surface area contributed by atoms with Crippen LogP contribution in [0.1, 0.15) is 27.2 Å². The predicted molar refractivity (Wildman–Crippen MR) is 84.2 cm³/mol. The Morgan fingerprint density at radius 1 is 1.33 bits per heavy atom. The van der Waals surface area contributed by atoms with E-state index in [9.17, 15) is 9.18 Å². The van der Waals surface area contributed by atoms with Crippen LogP contribution in [0.5, 0.6) is 5.75 Å². The molecule has 0 aliphatic carbocycles. The van der Waals surface area contributed by atoms with Crippen molar-refractivity contribution in [2.45, 2.75) is 33.2 Å². The fourth-order valence-corrected chi connectivity index (χ4v) is 1.51. The molecule has 0 saturated carbocycles. The summed E-state index contributed by atoms with van der Waals surface area (Å²) in [5.41, 5.74) is 5.58. The van der Waals surface area contributed by atoms with Crippen LogP contribution in [0, 0.1) is 11.2 Å². The summed E-state index contributed by atoms with van der Waals surface area (Å²) in [4.78, 5) is 11.7. The molecule has 4 nitrogen and oxygen atoms in total. The van der Waals surface area contributed by atoms with E-state index in [4.69, 9.17) is 10.5 Å². The highest BCUT2D eigenvalue weighted by Gasteiger charge is 2.26. The van der Waals surface area contributed by atoms with Crippen LogP contribution in [0.2, 0.25) is 0 Å². The van der Waals surface area contributed by atoms with Gasteiger partial charge in [-0.3, -0.25) is 4.79 Å². The van der Waals surface area contributed by atoms with E-state index in [0.29, 0.717) is 25.3 Å². The van der Waals surface area contributed by atoms with Crippen LogP contribution in [0.15, 0.2) is 24.3 Å². The summed E-state index contributed by atoms with van der Waals surface area (Å²) in [6, 6.07) is 5.31. The maximum atomic E-state index is 12.7. The smallest absolute Gasteiger partial charge is 0.237 e. The number of carbonyl (C=O) groups excluding carboxylic acids is 1. The van der Waals surface area contributed by atoms with E-state index >= 15 is 0 Å². The van der Waals surface area contributed by atoms with Crippen molar-refractivity contribution in [3.8, 4) is 5.75 Å². The van der Waals surface area contributed by atoms with E-state index in [1.54, 1.807) is 12.1 Å². The molecule has 3 N–H and O–H groups in total. The van der Waals surface area contributed by atoms with Crippen molar-refractivity contribution in [3.63, 3.8) is 0 Å². The monoisotopic (exact) mass is 318 g/mol. The van der Waals surface area contributed by atoms with E-state index in [0.717, 1.165) is 0 Å². The molecule has 0 aliphatic rings. The summed E-state index contributed by atoms with van der Waals surface area (Å²) < 4.78 is 18.1. The fourth-order valence-electron chi connectivity index (χ4n) is 1.51. The summed E-state index contributed by atoms with van der Waals surface area (Å²) in [5, 5.41) is 2.78. The molecule has 6 heteroatoms. The summed E-state index contributed by atoms with van der Waals surface area (Å²) >= 11 is 0. The number of benzene rings is 1. The highest BCUT2D eigenvalue weighted by molar-refractivity contribution is 5.85. The molecule has 0 bridgehead atoms. The maximum absolute atomic E-state index is 12.7. The summed E-state index contributed by atoms with van der Waals surface area (Å²) in [7, 11) is 0. The summed E-state index contributed by atoms with van der Waals surface area (Å²) in [6.45, 7) is 6.74. The van der Waals surface area contributed by atoms with Gasteiger partial charge in [0.15, 0.2) is 0 Å². The van der Waals surface area contributed by atoms with Gasteiger partial charge in [0, 0.05) is 6.54 Å². The van der Waals surface area contributed by atoms with Gasteiger partial charge in [0.25, 0.3) is 0 Å². The molecule has 0 saturated heterocycles. The third-order valence-electron chi connectivity index (χ3n) is 2.92. The van der Waals surface area contributed by atoms with Crippen molar-refractivity contribution < 1.29 is 13.9 Å². The van der Waals surface area contributed by atoms with Gasteiger partial charge in [-0.05, 0) is 36.1 Å². The molecular weight excluding hydrogens is 295 g/mol. The van der Waals surface area contributed by atoms with Gasteiger partial charge in [0.1, 0.15) is 11.6 Å². The van der Waals surface area contributed by atoms with Gasteiger partial charge in [-0.25, -0.2) is 4.39 Å². The van der Waals surface area contributed by atoms with Crippen LogP contribution < -0.4 is 15.8 Å². The van der Waals surface area contributed by atoms with E-state index in [1.807, 2.05) is 20.8 Å². The Kier molecular flexibility index (Phi) is 8.29. The van der Waals surface area contributed by atoms with Gasteiger partial charge in [-0.15, -0.1) is 12.4 Å². The van der Waals surface area contributed by atoms with Crippen molar-refractivity contribution in [2.75, 3.05) is 13.2 Å². The lowest BCUT2D eigenvalue weighted by Crippen LogP contribution is -2.48. The van der Waals surface area contributed by atoms with E-state index in [-0.39, 0.29) is 29.5 Å². The quantitative estimate of drug-likeness (QED) is 0.792.